The third-order valence-corrected chi connectivity index (χ3v) is 5.00. The van der Waals surface area contributed by atoms with Gasteiger partial charge in [-0.25, -0.2) is 0 Å². The molecule has 2 rings (SSSR count). The number of rotatable bonds is 10. The molecule has 1 aliphatic heterocycles. The molecule has 7 heteroatoms. The van der Waals surface area contributed by atoms with E-state index in [1.54, 1.807) is 6.08 Å². The van der Waals surface area contributed by atoms with Gasteiger partial charge in [0.1, 0.15) is 12.3 Å². The number of benzene rings is 1. The van der Waals surface area contributed by atoms with Gasteiger partial charge in [-0.1, -0.05) is 44.2 Å². The molecule has 0 radical (unpaired) electrons. The van der Waals surface area contributed by atoms with Crippen molar-refractivity contribution < 1.29 is 19.2 Å². The molecule has 1 aromatic rings. The molecule has 1 aliphatic rings. The van der Waals surface area contributed by atoms with Crippen molar-refractivity contribution in [1.82, 2.24) is 16.0 Å². The Bertz CT molecular complexity index is 761. The fourth-order valence-corrected chi connectivity index (χ4v) is 3.46. The molecule has 3 amide bonds. The Kier molecular flexibility index (Phi) is 9.25. The molecule has 0 aliphatic carbocycles. The summed E-state index contributed by atoms with van der Waals surface area (Å²) in [6.07, 6.45) is 5.97. The van der Waals surface area contributed by atoms with Crippen molar-refractivity contribution in [1.29, 1.82) is 0 Å². The molecule has 1 saturated heterocycles. The summed E-state index contributed by atoms with van der Waals surface area (Å²) in [5, 5.41) is 8.21. The summed E-state index contributed by atoms with van der Waals surface area (Å²) < 4.78 is 0. The van der Waals surface area contributed by atoms with Crippen LogP contribution >= 0.6 is 0 Å². The predicted molar refractivity (Wildman–Crippen MR) is 115 cm³/mol. The van der Waals surface area contributed by atoms with Gasteiger partial charge in [0.25, 0.3) is 0 Å². The summed E-state index contributed by atoms with van der Waals surface area (Å²) in [6.45, 7) is 4.55. The molecule has 30 heavy (non-hydrogen) atoms. The number of amides is 3. The van der Waals surface area contributed by atoms with Crippen molar-refractivity contribution in [2.45, 2.75) is 51.6 Å². The number of nitrogens with one attached hydrogen (secondary N) is 3. The van der Waals surface area contributed by atoms with Crippen LogP contribution in [0.25, 0.3) is 6.08 Å². The third-order valence-electron chi connectivity index (χ3n) is 5.00. The van der Waals surface area contributed by atoms with Gasteiger partial charge >= 0.3 is 0 Å². The molecule has 162 valence electrons. The van der Waals surface area contributed by atoms with Crippen molar-refractivity contribution in [3.63, 3.8) is 0 Å². The molecular formula is C23H31N3O4. The smallest absolute Gasteiger partial charge is 0.244 e. The van der Waals surface area contributed by atoms with E-state index in [1.807, 2.05) is 44.2 Å². The highest BCUT2D eigenvalue weighted by Gasteiger charge is 2.28. The van der Waals surface area contributed by atoms with Crippen molar-refractivity contribution in [2.24, 2.45) is 11.8 Å². The Hall–Kier alpha value is -2.96. The fourth-order valence-electron chi connectivity index (χ4n) is 3.46. The van der Waals surface area contributed by atoms with E-state index in [9.17, 15) is 19.2 Å². The van der Waals surface area contributed by atoms with Gasteiger partial charge in [0.05, 0.1) is 6.04 Å². The summed E-state index contributed by atoms with van der Waals surface area (Å²) in [5.74, 6) is -1.01. The first-order valence-electron chi connectivity index (χ1n) is 10.5. The van der Waals surface area contributed by atoms with Gasteiger partial charge in [-0.15, -0.1) is 0 Å². The van der Waals surface area contributed by atoms with Gasteiger partial charge < -0.3 is 20.7 Å². The Labute approximate surface area is 177 Å². The first kappa shape index (κ1) is 23.3. The highest BCUT2D eigenvalue weighted by atomic mass is 16.2. The van der Waals surface area contributed by atoms with Crippen LogP contribution in [-0.4, -0.2) is 42.6 Å². The fraction of sp³-hybridized carbons (Fsp3) is 0.478. The van der Waals surface area contributed by atoms with E-state index < -0.39 is 18.0 Å². The van der Waals surface area contributed by atoms with E-state index in [0.29, 0.717) is 25.7 Å². The third kappa shape index (κ3) is 7.81. The molecule has 0 aromatic heterocycles. The van der Waals surface area contributed by atoms with Crippen LogP contribution in [-0.2, 0) is 19.2 Å². The largest absolute Gasteiger partial charge is 0.356 e. The number of carbonyl (C=O) groups is 4. The standard InChI is InChI=1S/C23H31N3O4/c1-16(2)13-20(26-21(28)11-10-17-7-4-3-5-8-17)23(30)25-19(15-27)14-18-9-6-12-24-22(18)29/h3-5,7-8,10-11,15-16,18-20H,6,9,12-14H2,1-2H3,(H,24,29)(H,25,30)(H,26,28)/t18-,19-,20-/m0/s1. The summed E-state index contributed by atoms with van der Waals surface area (Å²) in [7, 11) is 0. The van der Waals surface area contributed by atoms with Crippen LogP contribution in [0.15, 0.2) is 36.4 Å². The molecular weight excluding hydrogens is 382 g/mol. The van der Waals surface area contributed by atoms with E-state index in [1.165, 1.54) is 6.08 Å². The minimum atomic E-state index is -0.766. The SMILES string of the molecule is CC(C)C[C@H](NC(=O)C=Cc1ccccc1)C(=O)N[C@H](C=O)C[C@@H]1CCCNC1=O. The zero-order valence-electron chi connectivity index (χ0n) is 17.6. The molecule has 1 fully saturated rings. The average molecular weight is 414 g/mol. The molecule has 7 nitrogen and oxygen atoms in total. The summed E-state index contributed by atoms with van der Waals surface area (Å²) in [6, 6.07) is 7.85. The lowest BCUT2D eigenvalue weighted by molar-refractivity contribution is -0.130. The zero-order chi connectivity index (χ0) is 21.9. The minimum absolute atomic E-state index is 0.0829. The first-order valence-corrected chi connectivity index (χ1v) is 10.5. The second-order valence-electron chi connectivity index (χ2n) is 8.05. The van der Waals surface area contributed by atoms with Crippen LogP contribution in [0.2, 0.25) is 0 Å². The highest BCUT2D eigenvalue weighted by molar-refractivity contribution is 5.96. The van der Waals surface area contributed by atoms with Crippen LogP contribution in [0, 0.1) is 11.8 Å². The van der Waals surface area contributed by atoms with E-state index >= 15 is 0 Å². The van der Waals surface area contributed by atoms with Crippen LogP contribution in [0.5, 0.6) is 0 Å². The Balaban J connectivity index is 1.97. The first-order chi connectivity index (χ1) is 14.4. The van der Waals surface area contributed by atoms with Gasteiger partial charge in [0, 0.05) is 18.5 Å². The maximum Gasteiger partial charge on any atom is 0.244 e. The Morgan fingerprint density at radius 1 is 1.20 bits per heavy atom. The van der Waals surface area contributed by atoms with Gasteiger partial charge in [-0.3, -0.25) is 14.4 Å². The van der Waals surface area contributed by atoms with Crippen LogP contribution < -0.4 is 16.0 Å². The van der Waals surface area contributed by atoms with E-state index in [-0.39, 0.29) is 30.1 Å². The highest BCUT2D eigenvalue weighted by Crippen LogP contribution is 2.17. The monoisotopic (exact) mass is 413 g/mol. The van der Waals surface area contributed by atoms with Gasteiger partial charge in [-0.05, 0) is 43.2 Å². The van der Waals surface area contributed by atoms with Crippen molar-refractivity contribution in [2.75, 3.05) is 6.54 Å². The van der Waals surface area contributed by atoms with Gasteiger partial charge in [0.2, 0.25) is 17.7 Å². The second kappa shape index (κ2) is 11.9. The number of aldehydes is 1. The summed E-state index contributed by atoms with van der Waals surface area (Å²) in [4.78, 5) is 48.5. The summed E-state index contributed by atoms with van der Waals surface area (Å²) >= 11 is 0. The molecule has 0 spiro atoms. The minimum Gasteiger partial charge on any atom is -0.356 e. The maximum absolute atomic E-state index is 12.8. The number of piperidine rings is 1. The average Bonchev–Trinajstić information content (AvgIpc) is 2.73. The van der Waals surface area contributed by atoms with Gasteiger partial charge in [0.15, 0.2) is 0 Å². The molecule has 1 heterocycles. The van der Waals surface area contributed by atoms with E-state index in [4.69, 9.17) is 0 Å². The zero-order valence-corrected chi connectivity index (χ0v) is 17.6. The molecule has 0 bridgehead atoms. The lowest BCUT2D eigenvalue weighted by Gasteiger charge is -2.26. The predicted octanol–water partition coefficient (Wildman–Crippen LogP) is 1.83. The van der Waals surface area contributed by atoms with Crippen molar-refractivity contribution in [3.8, 4) is 0 Å². The molecule has 0 unspecified atom stereocenters. The molecule has 3 N–H and O–H groups in total. The van der Waals surface area contributed by atoms with Crippen LogP contribution in [0.3, 0.4) is 0 Å². The molecule has 1 aromatic carbocycles. The van der Waals surface area contributed by atoms with E-state index in [0.717, 1.165) is 12.0 Å². The van der Waals surface area contributed by atoms with E-state index in [2.05, 4.69) is 16.0 Å². The van der Waals surface area contributed by atoms with Crippen LogP contribution in [0.4, 0.5) is 0 Å². The molecule has 3 atom stereocenters. The Morgan fingerprint density at radius 2 is 1.93 bits per heavy atom. The topological polar surface area (TPSA) is 104 Å². The lowest BCUT2D eigenvalue weighted by atomic mass is 9.91. The van der Waals surface area contributed by atoms with Crippen LogP contribution in [0.1, 0.15) is 45.1 Å². The summed E-state index contributed by atoms with van der Waals surface area (Å²) in [5.41, 5.74) is 0.879. The lowest BCUT2D eigenvalue weighted by Crippen LogP contribution is -2.51. The van der Waals surface area contributed by atoms with Gasteiger partial charge in [-0.2, -0.15) is 0 Å². The quantitative estimate of drug-likeness (QED) is 0.402. The van der Waals surface area contributed by atoms with Crippen molar-refractivity contribution in [3.05, 3.63) is 42.0 Å². The second-order valence-corrected chi connectivity index (χ2v) is 8.05. The van der Waals surface area contributed by atoms with Crippen molar-refractivity contribution >= 4 is 30.1 Å². The Morgan fingerprint density at radius 3 is 2.57 bits per heavy atom. The maximum atomic E-state index is 12.8. The normalized spacial score (nSPS) is 18.5. The number of hydrogen-bond donors (Lipinski definition) is 3. The molecule has 0 saturated carbocycles. The number of carbonyl (C=O) groups excluding carboxylic acids is 4. The number of hydrogen-bond acceptors (Lipinski definition) is 4.